The lowest BCUT2D eigenvalue weighted by Gasteiger charge is -2.20. The van der Waals surface area contributed by atoms with E-state index in [1.165, 1.54) is 13.0 Å². The van der Waals surface area contributed by atoms with Crippen molar-refractivity contribution in [2.45, 2.75) is 26.3 Å². The molecule has 0 radical (unpaired) electrons. The van der Waals surface area contributed by atoms with Gasteiger partial charge in [-0.3, -0.25) is 0 Å². The van der Waals surface area contributed by atoms with Gasteiger partial charge in [0, 0.05) is 24.8 Å². The topological polar surface area (TPSA) is 67.3 Å². The van der Waals surface area contributed by atoms with E-state index in [4.69, 9.17) is 10.2 Å². The number of nitrogens with two attached hydrogens (primary N) is 1. The molecule has 1 aromatic heterocycles. The van der Waals surface area contributed by atoms with Gasteiger partial charge in [-0.25, -0.2) is 0 Å². The Labute approximate surface area is 119 Å². The number of aromatic nitrogens is 1. The summed E-state index contributed by atoms with van der Waals surface area (Å²) in [5.41, 5.74) is 8.03. The molecule has 1 saturated heterocycles. The molecule has 0 aliphatic carbocycles. The second-order valence-electron chi connectivity index (χ2n) is 5.87. The Balaban J connectivity index is 1.60. The molecular formula is C15H22N4O. The molecule has 20 heavy (non-hydrogen) atoms. The molecule has 0 saturated carbocycles. The van der Waals surface area contributed by atoms with Crippen molar-refractivity contribution in [2.75, 3.05) is 30.7 Å². The molecule has 0 amide bonds. The number of nitrogen functional groups attached to an aromatic ring is 1. The highest BCUT2D eigenvalue weighted by atomic mass is 16.4. The van der Waals surface area contributed by atoms with Crippen molar-refractivity contribution in [3.8, 4) is 0 Å². The van der Waals surface area contributed by atoms with Crippen LogP contribution in [0.25, 0.3) is 11.1 Å². The quantitative estimate of drug-likeness (QED) is 0.839. The number of rotatable bonds is 4. The zero-order valence-corrected chi connectivity index (χ0v) is 12.1. The molecule has 3 N–H and O–H groups in total. The number of benzene rings is 1. The van der Waals surface area contributed by atoms with Gasteiger partial charge in [0.1, 0.15) is 5.52 Å². The number of likely N-dealkylation sites (tertiary alicyclic amines) is 1. The monoisotopic (exact) mass is 274 g/mol. The van der Waals surface area contributed by atoms with Crippen molar-refractivity contribution in [3.63, 3.8) is 0 Å². The molecule has 2 aromatic rings. The average molecular weight is 274 g/mol. The van der Waals surface area contributed by atoms with E-state index in [0.29, 0.717) is 23.7 Å². The van der Waals surface area contributed by atoms with Crippen LogP contribution in [0.4, 0.5) is 11.7 Å². The van der Waals surface area contributed by atoms with E-state index in [0.717, 1.165) is 24.2 Å². The van der Waals surface area contributed by atoms with Crippen LogP contribution >= 0.6 is 0 Å². The van der Waals surface area contributed by atoms with E-state index in [2.05, 4.69) is 29.0 Å². The van der Waals surface area contributed by atoms with Crippen molar-refractivity contribution in [1.82, 2.24) is 9.88 Å². The zero-order chi connectivity index (χ0) is 14.1. The van der Waals surface area contributed by atoms with Crippen LogP contribution in [0, 0.1) is 5.92 Å². The van der Waals surface area contributed by atoms with E-state index < -0.39 is 0 Å². The van der Waals surface area contributed by atoms with Crippen molar-refractivity contribution < 1.29 is 4.42 Å². The maximum absolute atomic E-state index is 5.74. The van der Waals surface area contributed by atoms with Gasteiger partial charge in [-0.1, -0.05) is 0 Å². The molecule has 108 valence electrons. The first-order chi connectivity index (χ1) is 9.61. The fourth-order valence-corrected chi connectivity index (χ4v) is 2.75. The van der Waals surface area contributed by atoms with Gasteiger partial charge < -0.3 is 20.4 Å². The number of anilines is 2. The lowest BCUT2D eigenvalue weighted by Crippen LogP contribution is -2.29. The van der Waals surface area contributed by atoms with Gasteiger partial charge in [-0.2, -0.15) is 4.98 Å². The summed E-state index contributed by atoms with van der Waals surface area (Å²) in [4.78, 5) is 6.93. The Morgan fingerprint density at radius 3 is 3.10 bits per heavy atom. The molecule has 1 aliphatic rings. The highest BCUT2D eigenvalue weighted by Gasteiger charge is 2.24. The maximum Gasteiger partial charge on any atom is 0.295 e. The molecule has 0 bridgehead atoms. The molecular weight excluding hydrogens is 252 g/mol. The number of fused-ring (bicyclic) bond motifs is 1. The van der Waals surface area contributed by atoms with Crippen LogP contribution in [0.15, 0.2) is 22.6 Å². The molecule has 5 nitrogen and oxygen atoms in total. The van der Waals surface area contributed by atoms with Gasteiger partial charge in [0.05, 0.1) is 0 Å². The van der Waals surface area contributed by atoms with Crippen LogP contribution in [0.2, 0.25) is 0 Å². The van der Waals surface area contributed by atoms with Crippen molar-refractivity contribution in [2.24, 2.45) is 5.92 Å². The molecule has 1 aromatic carbocycles. The normalized spacial score (nSPS) is 20.1. The summed E-state index contributed by atoms with van der Waals surface area (Å²) >= 11 is 0. The van der Waals surface area contributed by atoms with Gasteiger partial charge in [-0.05, 0) is 50.9 Å². The number of hydrogen-bond donors (Lipinski definition) is 2. The van der Waals surface area contributed by atoms with Gasteiger partial charge in [-0.15, -0.1) is 0 Å². The van der Waals surface area contributed by atoms with E-state index in [9.17, 15) is 0 Å². The van der Waals surface area contributed by atoms with Crippen molar-refractivity contribution in [3.05, 3.63) is 18.2 Å². The van der Waals surface area contributed by atoms with E-state index in [1.807, 2.05) is 18.2 Å². The largest absolute Gasteiger partial charge is 0.424 e. The van der Waals surface area contributed by atoms with E-state index >= 15 is 0 Å². The first kappa shape index (κ1) is 13.2. The minimum absolute atomic E-state index is 0.591. The predicted molar refractivity (Wildman–Crippen MR) is 81.7 cm³/mol. The third-order valence-electron chi connectivity index (χ3n) is 4.00. The summed E-state index contributed by atoms with van der Waals surface area (Å²) in [7, 11) is 0. The van der Waals surface area contributed by atoms with Crippen LogP contribution in [-0.4, -0.2) is 35.6 Å². The Kier molecular flexibility index (Phi) is 3.53. The molecule has 0 spiro atoms. The minimum atomic E-state index is 0.591. The second kappa shape index (κ2) is 5.32. The second-order valence-corrected chi connectivity index (χ2v) is 5.87. The standard InChI is InChI=1S/C15H22N4O/c1-10(2)19-6-5-11(9-19)8-17-15-18-13-7-12(16)3-4-14(13)20-15/h3-4,7,10-11H,5-6,8-9,16H2,1-2H3,(H,17,18). The molecule has 5 heteroatoms. The summed E-state index contributed by atoms with van der Waals surface area (Å²) in [6.45, 7) is 7.75. The van der Waals surface area contributed by atoms with Gasteiger partial charge in [0.2, 0.25) is 0 Å². The van der Waals surface area contributed by atoms with Crippen LogP contribution in [0.5, 0.6) is 0 Å². The summed E-state index contributed by atoms with van der Waals surface area (Å²) in [5, 5.41) is 3.31. The van der Waals surface area contributed by atoms with Crippen LogP contribution in [-0.2, 0) is 0 Å². The van der Waals surface area contributed by atoms with Crippen LogP contribution < -0.4 is 11.1 Å². The average Bonchev–Trinajstić information content (AvgIpc) is 3.01. The van der Waals surface area contributed by atoms with Crippen LogP contribution in [0.3, 0.4) is 0 Å². The Hall–Kier alpha value is -1.75. The third-order valence-corrected chi connectivity index (χ3v) is 4.00. The first-order valence-electron chi connectivity index (χ1n) is 7.26. The Morgan fingerprint density at radius 1 is 1.50 bits per heavy atom. The summed E-state index contributed by atoms with van der Waals surface area (Å²) in [6.07, 6.45) is 1.23. The zero-order valence-electron chi connectivity index (χ0n) is 12.1. The van der Waals surface area contributed by atoms with Crippen molar-refractivity contribution in [1.29, 1.82) is 0 Å². The lowest BCUT2D eigenvalue weighted by molar-refractivity contribution is 0.266. The van der Waals surface area contributed by atoms with Crippen molar-refractivity contribution >= 4 is 22.8 Å². The summed E-state index contributed by atoms with van der Waals surface area (Å²) in [6, 6.07) is 6.74. The molecule has 1 fully saturated rings. The fraction of sp³-hybridized carbons (Fsp3) is 0.533. The minimum Gasteiger partial charge on any atom is -0.424 e. The predicted octanol–water partition coefficient (Wildman–Crippen LogP) is 2.55. The Morgan fingerprint density at radius 2 is 2.35 bits per heavy atom. The smallest absolute Gasteiger partial charge is 0.295 e. The fourth-order valence-electron chi connectivity index (χ4n) is 2.75. The first-order valence-corrected chi connectivity index (χ1v) is 7.26. The van der Waals surface area contributed by atoms with Gasteiger partial charge in [0.25, 0.3) is 6.01 Å². The number of nitrogens with zero attached hydrogens (tertiary/aromatic N) is 2. The highest BCUT2D eigenvalue weighted by molar-refractivity contribution is 5.78. The summed E-state index contributed by atoms with van der Waals surface area (Å²) in [5.74, 6) is 0.664. The highest BCUT2D eigenvalue weighted by Crippen LogP contribution is 2.23. The summed E-state index contributed by atoms with van der Waals surface area (Å²) < 4.78 is 5.67. The molecule has 1 unspecified atom stereocenters. The van der Waals surface area contributed by atoms with Crippen LogP contribution in [0.1, 0.15) is 20.3 Å². The molecule has 1 atom stereocenters. The van der Waals surface area contributed by atoms with E-state index in [-0.39, 0.29) is 0 Å². The van der Waals surface area contributed by atoms with Gasteiger partial charge >= 0.3 is 0 Å². The lowest BCUT2D eigenvalue weighted by atomic mass is 10.1. The Bertz CT molecular complexity index is 593. The molecule has 2 heterocycles. The number of hydrogen-bond acceptors (Lipinski definition) is 5. The molecule has 1 aliphatic heterocycles. The van der Waals surface area contributed by atoms with Gasteiger partial charge in [0.15, 0.2) is 5.58 Å². The number of oxazole rings is 1. The third kappa shape index (κ3) is 2.72. The van der Waals surface area contributed by atoms with E-state index in [1.54, 1.807) is 0 Å². The molecule has 3 rings (SSSR count). The SMILES string of the molecule is CC(C)N1CCC(CNc2nc3cc(N)ccc3o2)C1. The maximum atomic E-state index is 5.74. The number of nitrogens with one attached hydrogen (secondary N) is 1.